The summed E-state index contributed by atoms with van der Waals surface area (Å²) in [5.74, 6) is -3.65. The van der Waals surface area contributed by atoms with E-state index in [4.69, 9.17) is 35.6 Å². The number of ether oxygens (including phenoxy) is 2. The SMILES string of the molecule is CCCC#N.COC(=O)OC.O=C(O)C(=O)O.OO. The molecule has 0 unspecified atom stereocenters. The minimum Gasteiger partial charge on any atom is -0.473 e. The lowest BCUT2D eigenvalue weighted by Gasteiger charge is -1.89. The second kappa shape index (κ2) is 24.7. The van der Waals surface area contributed by atoms with Gasteiger partial charge in [-0.15, -0.1) is 0 Å². The first-order valence-electron chi connectivity index (χ1n) is 4.52. The van der Waals surface area contributed by atoms with Gasteiger partial charge in [0.2, 0.25) is 0 Å². The van der Waals surface area contributed by atoms with Crippen molar-refractivity contribution in [3.63, 3.8) is 0 Å². The van der Waals surface area contributed by atoms with Crippen LogP contribution in [0, 0.1) is 11.3 Å². The van der Waals surface area contributed by atoms with Gasteiger partial charge in [-0.25, -0.2) is 14.4 Å². The van der Waals surface area contributed by atoms with Gasteiger partial charge in [-0.1, -0.05) is 6.92 Å². The minimum atomic E-state index is -1.82. The van der Waals surface area contributed by atoms with Gasteiger partial charge in [-0.2, -0.15) is 5.26 Å². The van der Waals surface area contributed by atoms with Crippen LogP contribution in [0.1, 0.15) is 19.8 Å². The lowest BCUT2D eigenvalue weighted by Crippen LogP contribution is -2.09. The van der Waals surface area contributed by atoms with Crippen LogP contribution in [0.3, 0.4) is 0 Å². The predicted molar refractivity (Wildman–Crippen MR) is 60.5 cm³/mol. The summed E-state index contributed by atoms with van der Waals surface area (Å²) in [6.07, 6.45) is 1.02. The average Bonchev–Trinajstić information content (AvgIpc) is 2.42. The van der Waals surface area contributed by atoms with Crippen LogP contribution in [0.4, 0.5) is 4.79 Å². The molecule has 4 N–H and O–H groups in total. The molecule has 0 radical (unpaired) electrons. The summed E-state index contributed by atoms with van der Waals surface area (Å²) in [7, 11) is 2.51. The van der Waals surface area contributed by atoms with Gasteiger partial charge in [0, 0.05) is 6.42 Å². The fourth-order valence-corrected chi connectivity index (χ4v) is 0.195. The molecule has 0 aliphatic rings. The number of hydrogen-bond donors (Lipinski definition) is 4. The summed E-state index contributed by atoms with van der Waals surface area (Å²) < 4.78 is 8.08. The van der Waals surface area contributed by atoms with Crippen LogP contribution >= 0.6 is 0 Å². The minimum absolute atomic E-state index is 0.657. The molecule has 0 rings (SSSR count). The van der Waals surface area contributed by atoms with Gasteiger partial charge >= 0.3 is 18.1 Å². The summed E-state index contributed by atoms with van der Waals surface area (Å²) in [4.78, 5) is 27.9. The molecule has 0 spiro atoms. The summed E-state index contributed by atoms with van der Waals surface area (Å²) >= 11 is 0. The van der Waals surface area contributed by atoms with Crippen LogP contribution in [-0.2, 0) is 19.1 Å². The normalized spacial score (nSPS) is 6.53. The van der Waals surface area contributed by atoms with Crippen LogP contribution in [0.15, 0.2) is 0 Å². The monoisotopic (exact) mass is 283 g/mol. The molecule has 0 aromatic rings. The smallest absolute Gasteiger partial charge is 0.473 e. The maximum Gasteiger partial charge on any atom is 0.507 e. The molecule has 0 aromatic carbocycles. The maximum absolute atomic E-state index is 9.74. The number of hydrogen-bond acceptors (Lipinski definition) is 8. The highest BCUT2D eigenvalue weighted by Gasteiger charge is 2.04. The summed E-state index contributed by atoms with van der Waals surface area (Å²) in [6, 6.07) is 2.02. The van der Waals surface area contributed by atoms with Crippen molar-refractivity contribution in [1.29, 1.82) is 5.26 Å². The molecule has 0 aliphatic carbocycles. The number of nitriles is 1. The van der Waals surface area contributed by atoms with E-state index in [-0.39, 0.29) is 0 Å². The number of unbranched alkanes of at least 4 members (excludes halogenated alkanes) is 1. The Labute approximate surface area is 109 Å². The van der Waals surface area contributed by atoms with Crippen LogP contribution in [0.5, 0.6) is 0 Å². The van der Waals surface area contributed by atoms with Gasteiger partial charge < -0.3 is 19.7 Å². The van der Waals surface area contributed by atoms with E-state index in [0.29, 0.717) is 6.42 Å². The molecule has 0 aliphatic heterocycles. The molecule has 0 saturated carbocycles. The number of nitrogens with zero attached hydrogens (tertiary/aromatic N) is 1. The summed E-state index contributed by atoms with van der Waals surface area (Å²) in [6.45, 7) is 1.99. The second-order valence-electron chi connectivity index (χ2n) is 2.18. The number of methoxy groups -OCH3 is 2. The number of rotatable bonds is 1. The van der Waals surface area contributed by atoms with Gasteiger partial charge in [0.25, 0.3) is 0 Å². The molecule has 0 amide bonds. The zero-order chi connectivity index (χ0) is 16.3. The van der Waals surface area contributed by atoms with Crippen LogP contribution < -0.4 is 0 Å². The highest BCUT2D eigenvalue weighted by atomic mass is 17.0. The zero-order valence-corrected chi connectivity index (χ0v) is 10.7. The molecule has 112 valence electrons. The molecule has 0 heterocycles. The second-order valence-corrected chi connectivity index (χ2v) is 2.18. The van der Waals surface area contributed by atoms with Gasteiger partial charge in [-0.05, 0) is 6.42 Å². The van der Waals surface area contributed by atoms with Crippen molar-refractivity contribution in [3.05, 3.63) is 0 Å². The number of aliphatic carboxylic acids is 2. The topological polar surface area (TPSA) is 174 Å². The molecule has 0 aromatic heterocycles. The molecular formula is C9H17NO9. The van der Waals surface area contributed by atoms with E-state index in [9.17, 15) is 4.79 Å². The largest absolute Gasteiger partial charge is 0.507 e. The number of carbonyl (C=O) groups is 3. The van der Waals surface area contributed by atoms with Crippen LogP contribution in [0.2, 0.25) is 0 Å². The van der Waals surface area contributed by atoms with Crippen molar-refractivity contribution in [1.82, 2.24) is 0 Å². The van der Waals surface area contributed by atoms with Crippen LogP contribution in [0.25, 0.3) is 0 Å². The highest BCUT2D eigenvalue weighted by Crippen LogP contribution is 1.77. The van der Waals surface area contributed by atoms with E-state index >= 15 is 0 Å². The number of carbonyl (C=O) groups excluding carboxylic acids is 1. The van der Waals surface area contributed by atoms with Crippen molar-refractivity contribution in [2.45, 2.75) is 19.8 Å². The Bertz CT molecular complexity index is 253. The first-order chi connectivity index (χ1) is 8.87. The van der Waals surface area contributed by atoms with E-state index in [1.165, 1.54) is 14.2 Å². The third-order valence-electron chi connectivity index (χ3n) is 0.878. The van der Waals surface area contributed by atoms with E-state index in [0.717, 1.165) is 6.42 Å². The third-order valence-corrected chi connectivity index (χ3v) is 0.878. The van der Waals surface area contributed by atoms with E-state index in [1.54, 1.807) is 0 Å². The van der Waals surface area contributed by atoms with E-state index in [1.807, 2.05) is 13.0 Å². The molecule has 0 atom stereocenters. The molecule has 0 saturated heterocycles. The van der Waals surface area contributed by atoms with Crippen LogP contribution in [-0.4, -0.2) is 53.0 Å². The Morgan fingerprint density at radius 3 is 1.37 bits per heavy atom. The quantitative estimate of drug-likeness (QED) is 0.234. The van der Waals surface area contributed by atoms with Crippen molar-refractivity contribution in [2.24, 2.45) is 0 Å². The van der Waals surface area contributed by atoms with Crippen molar-refractivity contribution < 1.29 is 44.6 Å². The Morgan fingerprint density at radius 2 is 1.37 bits per heavy atom. The Kier molecular flexibility index (Phi) is 33.1. The molecule has 19 heavy (non-hydrogen) atoms. The zero-order valence-electron chi connectivity index (χ0n) is 10.7. The maximum atomic E-state index is 9.74. The Balaban J connectivity index is -0.0000000835. The molecule has 0 fully saturated rings. The summed E-state index contributed by atoms with van der Waals surface area (Å²) in [5.41, 5.74) is 0. The predicted octanol–water partition coefficient (Wildman–Crippen LogP) is 0.882. The highest BCUT2D eigenvalue weighted by molar-refractivity contribution is 6.27. The number of carboxylic acids is 2. The standard InChI is InChI=1S/C4H7N.C3H6O3.C2H2O4.H2O2/c1-2-3-4-5;1-5-3(4)6-2;3-1(4)2(5)6;1-2/h2-3H2,1H3;1-2H3;(H,3,4)(H,5,6);1-2H. The summed E-state index contributed by atoms with van der Waals surface area (Å²) in [5, 5.41) is 34.6. The molecule has 10 nitrogen and oxygen atoms in total. The third kappa shape index (κ3) is 49.9. The molecule has 10 heteroatoms. The number of carboxylic acid groups (broad SMARTS) is 2. The van der Waals surface area contributed by atoms with Crippen molar-refractivity contribution >= 4 is 18.1 Å². The van der Waals surface area contributed by atoms with Gasteiger partial charge in [-0.3, -0.25) is 10.5 Å². The first-order valence-corrected chi connectivity index (χ1v) is 4.52. The lowest BCUT2D eigenvalue weighted by molar-refractivity contribution is -0.176. The van der Waals surface area contributed by atoms with Gasteiger partial charge in [0.15, 0.2) is 0 Å². The molecule has 0 bridgehead atoms. The van der Waals surface area contributed by atoms with Crippen molar-refractivity contribution in [3.8, 4) is 6.07 Å². The first kappa shape index (κ1) is 25.5. The average molecular weight is 283 g/mol. The van der Waals surface area contributed by atoms with E-state index < -0.39 is 18.1 Å². The lowest BCUT2D eigenvalue weighted by atomic mass is 10.4. The molecular weight excluding hydrogens is 266 g/mol. The fourth-order valence-electron chi connectivity index (χ4n) is 0.195. The van der Waals surface area contributed by atoms with Gasteiger partial charge in [0.05, 0.1) is 20.3 Å². The van der Waals surface area contributed by atoms with Gasteiger partial charge in [0.1, 0.15) is 0 Å². The fraction of sp³-hybridized carbons (Fsp3) is 0.556. The Morgan fingerprint density at radius 1 is 1.05 bits per heavy atom. The van der Waals surface area contributed by atoms with E-state index in [2.05, 4.69) is 9.47 Å². The Hall–Kier alpha value is -2.38. The van der Waals surface area contributed by atoms with Crippen molar-refractivity contribution in [2.75, 3.05) is 14.2 Å².